The molecule has 2 aromatic rings. The van der Waals surface area contributed by atoms with Crippen molar-refractivity contribution in [3.8, 4) is 0 Å². The summed E-state index contributed by atoms with van der Waals surface area (Å²) >= 11 is 1.29. The number of carbonyl (C=O) groups excluding carboxylic acids is 2. The van der Waals surface area contributed by atoms with E-state index in [9.17, 15) is 19.7 Å². The van der Waals surface area contributed by atoms with E-state index >= 15 is 0 Å². The zero-order valence-corrected chi connectivity index (χ0v) is 13.0. The molecule has 8 nitrogen and oxygen atoms in total. The van der Waals surface area contributed by atoms with E-state index < -0.39 is 10.8 Å². The van der Waals surface area contributed by atoms with Crippen LogP contribution < -0.4 is 10.6 Å². The first-order valence-corrected chi connectivity index (χ1v) is 7.58. The fourth-order valence-corrected chi connectivity index (χ4v) is 2.33. The highest BCUT2D eigenvalue weighted by Gasteiger charge is 2.18. The minimum Gasteiger partial charge on any atom is -0.326 e. The standard InChI is InChI=1S/C14H14N4O4S/c1-9(7-12(19)17-14-15-5-6-23-14)13(20)16-10-3-2-4-11(8-10)18(21)22/h2-6,8-9H,7H2,1H3,(H,16,20)(H,15,17,19). The van der Waals surface area contributed by atoms with Crippen molar-refractivity contribution < 1.29 is 14.5 Å². The predicted octanol–water partition coefficient (Wildman–Crippen LogP) is 2.65. The van der Waals surface area contributed by atoms with E-state index in [4.69, 9.17) is 0 Å². The average molecular weight is 334 g/mol. The van der Waals surface area contributed by atoms with Crippen LogP contribution in [0.25, 0.3) is 0 Å². The van der Waals surface area contributed by atoms with E-state index in [0.29, 0.717) is 10.8 Å². The number of hydrogen-bond donors (Lipinski definition) is 2. The largest absolute Gasteiger partial charge is 0.326 e. The summed E-state index contributed by atoms with van der Waals surface area (Å²) in [4.78, 5) is 38.0. The smallest absolute Gasteiger partial charge is 0.271 e. The molecule has 1 aromatic heterocycles. The van der Waals surface area contributed by atoms with Gasteiger partial charge in [0, 0.05) is 41.7 Å². The molecule has 1 atom stereocenters. The summed E-state index contributed by atoms with van der Waals surface area (Å²) < 4.78 is 0. The Balaban J connectivity index is 1.90. The number of hydrogen-bond acceptors (Lipinski definition) is 6. The lowest BCUT2D eigenvalue weighted by atomic mass is 10.1. The van der Waals surface area contributed by atoms with Crippen LogP contribution in [0.2, 0.25) is 0 Å². The molecule has 23 heavy (non-hydrogen) atoms. The number of amides is 2. The van der Waals surface area contributed by atoms with Gasteiger partial charge >= 0.3 is 0 Å². The van der Waals surface area contributed by atoms with Gasteiger partial charge in [-0.1, -0.05) is 13.0 Å². The van der Waals surface area contributed by atoms with Gasteiger partial charge < -0.3 is 10.6 Å². The molecule has 1 heterocycles. The molecule has 0 saturated carbocycles. The predicted molar refractivity (Wildman–Crippen MR) is 86.3 cm³/mol. The summed E-state index contributed by atoms with van der Waals surface area (Å²) in [5.41, 5.74) is 0.202. The van der Waals surface area contributed by atoms with E-state index in [1.54, 1.807) is 24.6 Å². The van der Waals surface area contributed by atoms with Crippen LogP contribution in [0.5, 0.6) is 0 Å². The molecule has 0 saturated heterocycles. The molecule has 0 aliphatic rings. The number of nitro groups is 1. The zero-order chi connectivity index (χ0) is 16.8. The second-order valence-corrected chi connectivity index (χ2v) is 5.68. The topological polar surface area (TPSA) is 114 Å². The number of rotatable bonds is 6. The highest BCUT2D eigenvalue weighted by molar-refractivity contribution is 7.13. The van der Waals surface area contributed by atoms with Crippen molar-refractivity contribution >= 4 is 39.7 Å². The first-order chi connectivity index (χ1) is 11.0. The van der Waals surface area contributed by atoms with E-state index in [-0.39, 0.29) is 23.9 Å². The Kier molecular flexibility index (Phi) is 5.36. The number of anilines is 2. The van der Waals surface area contributed by atoms with Gasteiger partial charge in [0.15, 0.2) is 5.13 Å². The van der Waals surface area contributed by atoms with Crippen molar-refractivity contribution in [1.82, 2.24) is 4.98 Å². The third kappa shape index (κ3) is 4.85. The molecule has 0 bridgehead atoms. The molecule has 0 radical (unpaired) electrons. The van der Waals surface area contributed by atoms with Crippen molar-refractivity contribution in [2.45, 2.75) is 13.3 Å². The van der Waals surface area contributed by atoms with Crippen LogP contribution in [0.4, 0.5) is 16.5 Å². The summed E-state index contributed by atoms with van der Waals surface area (Å²) in [7, 11) is 0. The van der Waals surface area contributed by atoms with E-state index in [1.807, 2.05) is 0 Å². The maximum absolute atomic E-state index is 12.1. The second kappa shape index (κ2) is 7.45. The number of non-ortho nitro benzene ring substituents is 1. The zero-order valence-electron chi connectivity index (χ0n) is 12.2. The second-order valence-electron chi connectivity index (χ2n) is 4.79. The Labute approximate surface area is 135 Å². The highest BCUT2D eigenvalue weighted by Crippen LogP contribution is 2.18. The Hall–Kier alpha value is -2.81. The SMILES string of the molecule is CC(CC(=O)Nc1nccs1)C(=O)Nc1cccc([N+](=O)[O-])c1. The van der Waals surface area contributed by atoms with Crippen LogP contribution in [-0.2, 0) is 9.59 Å². The number of nitrogens with one attached hydrogen (secondary N) is 2. The molecular formula is C14H14N4O4S. The first-order valence-electron chi connectivity index (χ1n) is 6.70. The van der Waals surface area contributed by atoms with Gasteiger partial charge in [-0.15, -0.1) is 11.3 Å². The Morgan fingerprint density at radius 2 is 2.17 bits per heavy atom. The van der Waals surface area contributed by atoms with Gasteiger partial charge in [0.1, 0.15) is 0 Å². The van der Waals surface area contributed by atoms with Crippen molar-refractivity contribution in [3.05, 3.63) is 46.0 Å². The minimum absolute atomic E-state index is 0.0136. The quantitative estimate of drug-likeness (QED) is 0.622. The van der Waals surface area contributed by atoms with Crippen LogP contribution >= 0.6 is 11.3 Å². The van der Waals surface area contributed by atoms with Gasteiger partial charge in [-0.2, -0.15) is 0 Å². The highest BCUT2D eigenvalue weighted by atomic mass is 32.1. The molecule has 0 aliphatic carbocycles. The molecule has 2 amide bonds. The number of carbonyl (C=O) groups is 2. The number of aromatic nitrogens is 1. The summed E-state index contributed by atoms with van der Waals surface area (Å²) in [5.74, 6) is -1.30. The van der Waals surface area contributed by atoms with Crippen LogP contribution in [0.15, 0.2) is 35.8 Å². The molecule has 0 spiro atoms. The van der Waals surface area contributed by atoms with Gasteiger partial charge in [0.2, 0.25) is 11.8 Å². The molecule has 0 aliphatic heterocycles. The van der Waals surface area contributed by atoms with Crippen molar-refractivity contribution in [1.29, 1.82) is 0 Å². The van der Waals surface area contributed by atoms with E-state index in [0.717, 1.165) is 0 Å². The lowest BCUT2D eigenvalue weighted by Gasteiger charge is -2.11. The molecule has 1 unspecified atom stereocenters. The monoisotopic (exact) mass is 334 g/mol. The lowest BCUT2D eigenvalue weighted by molar-refractivity contribution is -0.384. The summed E-state index contributed by atoms with van der Waals surface area (Å²) in [6, 6.07) is 5.63. The van der Waals surface area contributed by atoms with Gasteiger partial charge in [-0.05, 0) is 6.07 Å². The number of nitrogens with zero attached hydrogens (tertiary/aromatic N) is 2. The van der Waals surface area contributed by atoms with Crippen molar-refractivity contribution in [3.63, 3.8) is 0 Å². The molecule has 9 heteroatoms. The molecule has 2 rings (SSSR count). The van der Waals surface area contributed by atoms with E-state index in [2.05, 4.69) is 15.6 Å². The summed E-state index contributed by atoms with van der Waals surface area (Å²) in [6.07, 6.45) is 1.55. The van der Waals surface area contributed by atoms with Gasteiger partial charge in [-0.25, -0.2) is 4.98 Å². The Morgan fingerprint density at radius 1 is 1.39 bits per heavy atom. The van der Waals surface area contributed by atoms with Crippen molar-refractivity contribution in [2.75, 3.05) is 10.6 Å². The molecule has 1 aromatic carbocycles. The summed E-state index contributed by atoms with van der Waals surface area (Å²) in [5, 5.41) is 18.1. The number of thiazole rings is 1. The maximum atomic E-state index is 12.1. The molecular weight excluding hydrogens is 320 g/mol. The summed E-state index contributed by atoms with van der Waals surface area (Å²) in [6.45, 7) is 1.61. The number of benzene rings is 1. The molecule has 2 N–H and O–H groups in total. The Morgan fingerprint density at radius 3 is 2.83 bits per heavy atom. The third-order valence-corrected chi connectivity index (χ3v) is 3.63. The normalized spacial score (nSPS) is 11.5. The third-order valence-electron chi connectivity index (χ3n) is 2.94. The van der Waals surface area contributed by atoms with Gasteiger partial charge in [0.05, 0.1) is 4.92 Å². The molecule has 120 valence electrons. The van der Waals surface area contributed by atoms with Gasteiger partial charge in [0.25, 0.3) is 5.69 Å². The van der Waals surface area contributed by atoms with Crippen molar-refractivity contribution in [2.24, 2.45) is 5.92 Å². The maximum Gasteiger partial charge on any atom is 0.271 e. The van der Waals surface area contributed by atoms with E-state index in [1.165, 1.54) is 29.5 Å². The first kappa shape index (κ1) is 16.6. The fraction of sp³-hybridized carbons (Fsp3) is 0.214. The average Bonchev–Trinajstić information content (AvgIpc) is 3.00. The van der Waals surface area contributed by atoms with Crippen LogP contribution in [0.1, 0.15) is 13.3 Å². The van der Waals surface area contributed by atoms with Crippen LogP contribution in [0.3, 0.4) is 0 Å². The fourth-order valence-electron chi connectivity index (χ4n) is 1.79. The number of nitro benzene ring substituents is 1. The lowest BCUT2D eigenvalue weighted by Crippen LogP contribution is -2.25. The minimum atomic E-state index is -0.589. The van der Waals surface area contributed by atoms with Gasteiger partial charge in [-0.3, -0.25) is 19.7 Å². The van der Waals surface area contributed by atoms with Crippen LogP contribution in [0, 0.1) is 16.0 Å². The Bertz CT molecular complexity index is 717. The van der Waals surface area contributed by atoms with Crippen LogP contribution in [-0.4, -0.2) is 21.7 Å². The molecule has 0 fully saturated rings.